The molecule has 1 aliphatic heterocycles. The first kappa shape index (κ1) is 11.8. The van der Waals surface area contributed by atoms with Gasteiger partial charge in [0, 0.05) is 19.3 Å². The summed E-state index contributed by atoms with van der Waals surface area (Å²) in [5, 5.41) is 0.00833. The van der Waals surface area contributed by atoms with Crippen LogP contribution in [0.2, 0.25) is 5.15 Å². The third-order valence-electron chi connectivity index (χ3n) is 2.31. The second-order valence-corrected chi connectivity index (χ2v) is 5.57. The standard InChI is InChI=1S/C9H11ClN2O3S/c10-9-8(2-1-3-11-9)16(13,14)12-4-6-15-7-5-12/h1-3H,4-7H2. The molecule has 7 heteroatoms. The predicted molar refractivity (Wildman–Crippen MR) is 58.8 cm³/mol. The normalized spacial score (nSPS) is 18.6. The molecule has 5 nitrogen and oxygen atoms in total. The van der Waals surface area contributed by atoms with Gasteiger partial charge in [0.05, 0.1) is 13.2 Å². The summed E-state index contributed by atoms with van der Waals surface area (Å²) in [5.41, 5.74) is 0. The molecule has 2 rings (SSSR count). The average Bonchev–Trinajstić information content (AvgIpc) is 2.30. The van der Waals surface area contributed by atoms with E-state index in [2.05, 4.69) is 4.98 Å². The van der Waals surface area contributed by atoms with Crippen molar-refractivity contribution in [1.29, 1.82) is 0 Å². The largest absolute Gasteiger partial charge is 0.379 e. The number of pyridine rings is 1. The molecule has 0 radical (unpaired) electrons. The molecule has 1 aromatic heterocycles. The van der Waals surface area contributed by atoms with E-state index in [9.17, 15) is 8.42 Å². The first-order valence-electron chi connectivity index (χ1n) is 4.81. The van der Waals surface area contributed by atoms with E-state index in [1.807, 2.05) is 0 Å². The molecule has 1 fully saturated rings. The van der Waals surface area contributed by atoms with Crippen molar-refractivity contribution < 1.29 is 13.2 Å². The minimum atomic E-state index is -3.53. The monoisotopic (exact) mass is 262 g/mol. The van der Waals surface area contributed by atoms with Gasteiger partial charge in [0.2, 0.25) is 10.0 Å². The van der Waals surface area contributed by atoms with Crippen LogP contribution in [-0.2, 0) is 14.8 Å². The molecule has 0 bridgehead atoms. The number of morpholine rings is 1. The highest BCUT2D eigenvalue weighted by Crippen LogP contribution is 2.22. The number of hydrogen-bond donors (Lipinski definition) is 0. The summed E-state index contributed by atoms with van der Waals surface area (Å²) >= 11 is 5.78. The first-order chi connectivity index (χ1) is 7.62. The van der Waals surface area contributed by atoms with Gasteiger partial charge in [0.15, 0.2) is 0 Å². The molecule has 0 spiro atoms. The van der Waals surface area contributed by atoms with Gasteiger partial charge in [-0.25, -0.2) is 13.4 Å². The fourth-order valence-corrected chi connectivity index (χ4v) is 3.33. The molecule has 0 amide bonds. The zero-order valence-electron chi connectivity index (χ0n) is 8.47. The Labute approximate surface area is 99.0 Å². The van der Waals surface area contributed by atoms with Crippen molar-refractivity contribution >= 4 is 21.6 Å². The SMILES string of the molecule is O=S(=O)(c1cccnc1Cl)N1CCOCC1. The summed E-state index contributed by atoms with van der Waals surface area (Å²) in [7, 11) is -3.53. The van der Waals surface area contributed by atoms with E-state index in [1.54, 1.807) is 6.07 Å². The lowest BCUT2D eigenvalue weighted by Crippen LogP contribution is -2.40. The molecule has 1 aromatic rings. The van der Waals surface area contributed by atoms with Gasteiger partial charge in [-0.15, -0.1) is 0 Å². The fraction of sp³-hybridized carbons (Fsp3) is 0.444. The molecular weight excluding hydrogens is 252 g/mol. The number of ether oxygens (including phenoxy) is 1. The Morgan fingerprint density at radius 2 is 2.06 bits per heavy atom. The highest BCUT2D eigenvalue weighted by atomic mass is 35.5. The van der Waals surface area contributed by atoms with Crippen molar-refractivity contribution in [3.63, 3.8) is 0 Å². The Morgan fingerprint density at radius 1 is 1.38 bits per heavy atom. The van der Waals surface area contributed by atoms with Crippen molar-refractivity contribution in [1.82, 2.24) is 9.29 Å². The highest BCUT2D eigenvalue weighted by molar-refractivity contribution is 7.89. The Bertz CT molecular complexity index is 471. The van der Waals surface area contributed by atoms with Gasteiger partial charge in [-0.3, -0.25) is 0 Å². The minimum Gasteiger partial charge on any atom is -0.379 e. The highest BCUT2D eigenvalue weighted by Gasteiger charge is 2.28. The maximum absolute atomic E-state index is 12.2. The van der Waals surface area contributed by atoms with Gasteiger partial charge >= 0.3 is 0 Å². The van der Waals surface area contributed by atoms with Crippen molar-refractivity contribution in [2.24, 2.45) is 0 Å². The number of hydrogen-bond acceptors (Lipinski definition) is 4. The van der Waals surface area contributed by atoms with Gasteiger partial charge in [0.25, 0.3) is 0 Å². The zero-order chi connectivity index (χ0) is 11.6. The molecule has 0 N–H and O–H groups in total. The van der Waals surface area contributed by atoms with Crippen molar-refractivity contribution in [3.05, 3.63) is 23.5 Å². The van der Waals surface area contributed by atoms with E-state index in [0.717, 1.165) is 0 Å². The van der Waals surface area contributed by atoms with Crippen LogP contribution in [0.15, 0.2) is 23.2 Å². The molecule has 0 atom stereocenters. The van der Waals surface area contributed by atoms with Crippen LogP contribution in [0.4, 0.5) is 0 Å². The van der Waals surface area contributed by atoms with Crippen LogP contribution in [-0.4, -0.2) is 44.0 Å². The molecule has 0 saturated carbocycles. The topological polar surface area (TPSA) is 59.5 Å². The van der Waals surface area contributed by atoms with Crippen molar-refractivity contribution in [2.45, 2.75) is 4.90 Å². The van der Waals surface area contributed by atoms with Crippen LogP contribution >= 0.6 is 11.6 Å². The Kier molecular flexibility index (Phi) is 3.44. The number of sulfonamides is 1. The van der Waals surface area contributed by atoms with E-state index >= 15 is 0 Å². The summed E-state index contributed by atoms with van der Waals surface area (Å²) in [6.07, 6.45) is 1.46. The van der Waals surface area contributed by atoms with E-state index < -0.39 is 10.0 Å². The van der Waals surface area contributed by atoms with Crippen LogP contribution in [0, 0.1) is 0 Å². The second-order valence-electron chi connectivity index (χ2n) is 3.31. The third kappa shape index (κ3) is 2.20. The van der Waals surface area contributed by atoms with Crippen LogP contribution in [0.1, 0.15) is 0 Å². The number of nitrogens with zero attached hydrogens (tertiary/aromatic N) is 2. The summed E-state index contributed by atoms with van der Waals surface area (Å²) in [6, 6.07) is 3.01. The van der Waals surface area contributed by atoms with Crippen molar-refractivity contribution in [2.75, 3.05) is 26.3 Å². The fourth-order valence-electron chi connectivity index (χ4n) is 1.49. The molecule has 16 heavy (non-hydrogen) atoms. The lowest BCUT2D eigenvalue weighted by atomic mass is 10.5. The quantitative estimate of drug-likeness (QED) is 0.738. The van der Waals surface area contributed by atoms with Gasteiger partial charge in [0.1, 0.15) is 10.0 Å². The van der Waals surface area contributed by atoms with Crippen LogP contribution in [0.3, 0.4) is 0 Å². The maximum Gasteiger partial charge on any atom is 0.246 e. The van der Waals surface area contributed by atoms with Crippen LogP contribution in [0.25, 0.3) is 0 Å². The first-order valence-corrected chi connectivity index (χ1v) is 6.62. The van der Waals surface area contributed by atoms with E-state index in [4.69, 9.17) is 16.3 Å². The second kappa shape index (κ2) is 4.67. The van der Waals surface area contributed by atoms with Gasteiger partial charge < -0.3 is 4.74 Å². The zero-order valence-corrected chi connectivity index (χ0v) is 10.0. The molecule has 1 saturated heterocycles. The Balaban J connectivity index is 2.35. The molecular formula is C9H11ClN2O3S. The molecule has 0 unspecified atom stereocenters. The molecule has 0 aromatic carbocycles. The van der Waals surface area contributed by atoms with Gasteiger partial charge in [-0.2, -0.15) is 4.31 Å². The predicted octanol–water partition coefficient (Wildman–Crippen LogP) is 0.756. The maximum atomic E-state index is 12.2. The lowest BCUT2D eigenvalue weighted by Gasteiger charge is -2.26. The Hall–Kier alpha value is -0.690. The van der Waals surface area contributed by atoms with Crippen molar-refractivity contribution in [3.8, 4) is 0 Å². The number of rotatable bonds is 2. The number of halogens is 1. The summed E-state index contributed by atoms with van der Waals surface area (Å²) < 4.78 is 30.8. The summed E-state index contributed by atoms with van der Waals surface area (Å²) in [5.74, 6) is 0. The van der Waals surface area contributed by atoms with Gasteiger partial charge in [-0.1, -0.05) is 11.6 Å². The summed E-state index contributed by atoms with van der Waals surface area (Å²) in [4.78, 5) is 3.82. The molecule has 2 heterocycles. The molecule has 0 aliphatic carbocycles. The minimum absolute atomic E-state index is 0.00833. The molecule has 88 valence electrons. The average molecular weight is 263 g/mol. The van der Waals surface area contributed by atoms with Gasteiger partial charge in [-0.05, 0) is 12.1 Å². The molecule has 1 aliphatic rings. The smallest absolute Gasteiger partial charge is 0.246 e. The van der Waals surface area contributed by atoms with Crippen LogP contribution in [0.5, 0.6) is 0 Å². The van der Waals surface area contributed by atoms with E-state index in [-0.39, 0.29) is 10.0 Å². The van der Waals surface area contributed by atoms with E-state index in [1.165, 1.54) is 16.6 Å². The number of aromatic nitrogens is 1. The summed E-state index contributed by atoms with van der Waals surface area (Å²) in [6.45, 7) is 1.54. The lowest BCUT2D eigenvalue weighted by molar-refractivity contribution is 0.0730. The third-order valence-corrected chi connectivity index (χ3v) is 4.66. The Morgan fingerprint density at radius 3 is 2.69 bits per heavy atom. The van der Waals surface area contributed by atoms with E-state index in [0.29, 0.717) is 26.3 Å². The van der Waals surface area contributed by atoms with Crippen LogP contribution < -0.4 is 0 Å².